The molecule has 1 atom stereocenters. The predicted octanol–water partition coefficient (Wildman–Crippen LogP) is 3.70. The minimum atomic E-state index is -0.392. The number of hydrogen-bond acceptors (Lipinski definition) is 3. The monoisotopic (exact) mass is 358 g/mol. The fourth-order valence-corrected chi connectivity index (χ4v) is 2.70. The Kier molecular flexibility index (Phi) is 3.94. The number of amides is 1. The van der Waals surface area contributed by atoms with Gasteiger partial charge in [0.2, 0.25) is 5.91 Å². The molecule has 0 spiro atoms. The standard InChI is InChI=1S/C16H15BrN4O/c1-10-7-9-21(20-10)11(2)16(22)19-14-6-5-13(17)12-4-3-8-18-15(12)14/h3-9,11H,1-2H3,(H,19,22). The molecule has 2 aromatic heterocycles. The molecule has 0 radical (unpaired) electrons. The fourth-order valence-electron chi connectivity index (χ4n) is 2.24. The van der Waals surface area contributed by atoms with Gasteiger partial charge in [-0.05, 0) is 38.1 Å². The van der Waals surface area contributed by atoms with Crippen LogP contribution in [0, 0.1) is 6.92 Å². The van der Waals surface area contributed by atoms with E-state index in [9.17, 15) is 4.79 Å². The van der Waals surface area contributed by atoms with E-state index in [-0.39, 0.29) is 5.91 Å². The summed E-state index contributed by atoms with van der Waals surface area (Å²) in [4.78, 5) is 16.8. The van der Waals surface area contributed by atoms with Crippen LogP contribution in [0.5, 0.6) is 0 Å². The Morgan fingerprint density at radius 2 is 2.14 bits per heavy atom. The molecule has 2 heterocycles. The van der Waals surface area contributed by atoms with E-state index < -0.39 is 6.04 Å². The first kappa shape index (κ1) is 14.7. The van der Waals surface area contributed by atoms with Crippen LogP contribution in [0.15, 0.2) is 47.2 Å². The van der Waals surface area contributed by atoms with E-state index in [0.29, 0.717) is 5.69 Å². The summed E-state index contributed by atoms with van der Waals surface area (Å²) in [5.74, 6) is -0.127. The Labute approximate surface area is 136 Å². The minimum Gasteiger partial charge on any atom is -0.322 e. The van der Waals surface area contributed by atoms with Gasteiger partial charge >= 0.3 is 0 Å². The van der Waals surface area contributed by atoms with Gasteiger partial charge in [-0.1, -0.05) is 22.0 Å². The summed E-state index contributed by atoms with van der Waals surface area (Å²) in [6.07, 6.45) is 3.52. The Morgan fingerprint density at radius 1 is 1.32 bits per heavy atom. The number of carbonyl (C=O) groups is 1. The number of nitrogens with one attached hydrogen (secondary N) is 1. The van der Waals surface area contributed by atoms with Crippen LogP contribution in [0.1, 0.15) is 18.7 Å². The maximum absolute atomic E-state index is 12.4. The zero-order chi connectivity index (χ0) is 15.7. The number of anilines is 1. The van der Waals surface area contributed by atoms with Gasteiger partial charge in [-0.2, -0.15) is 5.10 Å². The molecule has 1 unspecified atom stereocenters. The van der Waals surface area contributed by atoms with Crippen LogP contribution in [0.2, 0.25) is 0 Å². The molecule has 6 heteroatoms. The highest BCUT2D eigenvalue weighted by molar-refractivity contribution is 9.10. The van der Waals surface area contributed by atoms with Crippen molar-refractivity contribution >= 4 is 38.4 Å². The molecule has 1 amide bonds. The Bertz CT molecular complexity index is 843. The lowest BCUT2D eigenvalue weighted by molar-refractivity contribution is -0.119. The van der Waals surface area contributed by atoms with Crippen molar-refractivity contribution in [3.05, 3.63) is 52.9 Å². The molecule has 1 N–H and O–H groups in total. The van der Waals surface area contributed by atoms with E-state index in [2.05, 4.69) is 31.3 Å². The molecule has 0 bridgehead atoms. The summed E-state index contributed by atoms with van der Waals surface area (Å²) in [6.45, 7) is 3.71. The van der Waals surface area contributed by atoms with Crippen molar-refractivity contribution in [1.29, 1.82) is 0 Å². The fraction of sp³-hybridized carbons (Fsp3) is 0.188. The molecule has 0 aliphatic rings. The second-order valence-corrected chi connectivity index (χ2v) is 5.95. The third-order valence-corrected chi connectivity index (χ3v) is 4.18. The van der Waals surface area contributed by atoms with E-state index in [1.54, 1.807) is 17.1 Å². The quantitative estimate of drug-likeness (QED) is 0.776. The van der Waals surface area contributed by atoms with Gasteiger partial charge in [0, 0.05) is 22.3 Å². The molecule has 1 aromatic carbocycles. The van der Waals surface area contributed by atoms with Gasteiger partial charge in [0.05, 0.1) is 16.9 Å². The first-order valence-corrected chi connectivity index (χ1v) is 7.71. The van der Waals surface area contributed by atoms with Gasteiger partial charge in [0.15, 0.2) is 0 Å². The zero-order valence-corrected chi connectivity index (χ0v) is 13.8. The Hall–Kier alpha value is -2.21. The third-order valence-electron chi connectivity index (χ3n) is 3.49. The summed E-state index contributed by atoms with van der Waals surface area (Å²) in [5.41, 5.74) is 2.34. The molecule has 3 aromatic rings. The van der Waals surface area contributed by atoms with E-state index in [1.807, 2.05) is 44.2 Å². The smallest absolute Gasteiger partial charge is 0.249 e. The van der Waals surface area contributed by atoms with Crippen molar-refractivity contribution in [3.63, 3.8) is 0 Å². The van der Waals surface area contributed by atoms with E-state index in [4.69, 9.17) is 0 Å². The largest absolute Gasteiger partial charge is 0.322 e. The summed E-state index contributed by atoms with van der Waals surface area (Å²) in [5, 5.41) is 8.18. The average Bonchev–Trinajstić information content (AvgIpc) is 2.96. The van der Waals surface area contributed by atoms with Crippen LogP contribution in [-0.4, -0.2) is 20.7 Å². The normalized spacial score (nSPS) is 12.3. The van der Waals surface area contributed by atoms with Crippen molar-refractivity contribution < 1.29 is 4.79 Å². The van der Waals surface area contributed by atoms with Crippen LogP contribution in [0.4, 0.5) is 5.69 Å². The predicted molar refractivity (Wildman–Crippen MR) is 89.7 cm³/mol. The highest BCUT2D eigenvalue weighted by atomic mass is 79.9. The number of carbonyl (C=O) groups excluding carboxylic acids is 1. The molecule has 0 aliphatic carbocycles. The van der Waals surface area contributed by atoms with Crippen LogP contribution in [0.3, 0.4) is 0 Å². The second-order valence-electron chi connectivity index (χ2n) is 5.10. The van der Waals surface area contributed by atoms with Gasteiger partial charge in [0.25, 0.3) is 0 Å². The number of aryl methyl sites for hydroxylation is 1. The summed E-state index contributed by atoms with van der Waals surface area (Å²) < 4.78 is 2.60. The Morgan fingerprint density at radius 3 is 2.86 bits per heavy atom. The van der Waals surface area contributed by atoms with Crippen molar-refractivity contribution in [1.82, 2.24) is 14.8 Å². The number of halogens is 1. The van der Waals surface area contributed by atoms with E-state index >= 15 is 0 Å². The van der Waals surface area contributed by atoms with Crippen molar-refractivity contribution in [2.24, 2.45) is 0 Å². The molecule has 5 nitrogen and oxygen atoms in total. The lowest BCUT2D eigenvalue weighted by Crippen LogP contribution is -2.24. The van der Waals surface area contributed by atoms with Gasteiger partial charge in [-0.25, -0.2) is 0 Å². The average molecular weight is 359 g/mol. The van der Waals surface area contributed by atoms with E-state index in [1.165, 1.54) is 0 Å². The first-order chi connectivity index (χ1) is 10.6. The molecule has 0 fully saturated rings. The van der Waals surface area contributed by atoms with Gasteiger partial charge in [-0.3, -0.25) is 14.5 Å². The highest BCUT2D eigenvalue weighted by Gasteiger charge is 2.17. The summed E-state index contributed by atoms with van der Waals surface area (Å²) in [6, 6.07) is 9.06. The van der Waals surface area contributed by atoms with Crippen LogP contribution in [0.25, 0.3) is 10.9 Å². The summed E-state index contributed by atoms with van der Waals surface area (Å²) in [7, 11) is 0. The number of fused-ring (bicyclic) bond motifs is 1. The molecule has 22 heavy (non-hydrogen) atoms. The zero-order valence-electron chi connectivity index (χ0n) is 12.2. The second kappa shape index (κ2) is 5.88. The number of hydrogen-bond donors (Lipinski definition) is 1. The van der Waals surface area contributed by atoms with Crippen molar-refractivity contribution in [2.45, 2.75) is 19.9 Å². The molecule has 112 valence electrons. The summed E-state index contributed by atoms with van der Waals surface area (Å²) >= 11 is 3.50. The molecular weight excluding hydrogens is 344 g/mol. The molecular formula is C16H15BrN4O. The molecule has 0 saturated heterocycles. The van der Waals surface area contributed by atoms with Gasteiger partial charge < -0.3 is 5.32 Å². The lowest BCUT2D eigenvalue weighted by atomic mass is 10.2. The molecule has 0 aliphatic heterocycles. The lowest BCUT2D eigenvalue weighted by Gasteiger charge is -2.14. The topological polar surface area (TPSA) is 59.8 Å². The highest BCUT2D eigenvalue weighted by Crippen LogP contribution is 2.28. The minimum absolute atomic E-state index is 0.127. The molecule has 3 rings (SSSR count). The van der Waals surface area contributed by atoms with Crippen LogP contribution < -0.4 is 5.32 Å². The number of pyridine rings is 1. The Balaban J connectivity index is 1.90. The molecule has 0 saturated carbocycles. The SMILES string of the molecule is Cc1ccn(C(C)C(=O)Nc2ccc(Br)c3cccnc23)n1. The maximum atomic E-state index is 12.4. The number of rotatable bonds is 3. The van der Waals surface area contributed by atoms with E-state index in [0.717, 1.165) is 21.1 Å². The number of benzene rings is 1. The third kappa shape index (κ3) is 2.74. The number of aromatic nitrogens is 3. The van der Waals surface area contributed by atoms with Gasteiger partial charge in [-0.15, -0.1) is 0 Å². The van der Waals surface area contributed by atoms with Crippen molar-refractivity contribution in [2.75, 3.05) is 5.32 Å². The van der Waals surface area contributed by atoms with Crippen LogP contribution >= 0.6 is 15.9 Å². The maximum Gasteiger partial charge on any atom is 0.249 e. The van der Waals surface area contributed by atoms with Gasteiger partial charge in [0.1, 0.15) is 6.04 Å². The first-order valence-electron chi connectivity index (χ1n) is 6.92. The number of nitrogens with zero attached hydrogens (tertiary/aromatic N) is 3. The van der Waals surface area contributed by atoms with Crippen molar-refractivity contribution in [3.8, 4) is 0 Å². The van der Waals surface area contributed by atoms with Crippen LogP contribution in [-0.2, 0) is 4.79 Å².